The van der Waals surface area contributed by atoms with Gasteiger partial charge >= 0.3 is 0 Å². The van der Waals surface area contributed by atoms with Gasteiger partial charge in [0.05, 0.1) is 22.1 Å². The maximum Gasteiger partial charge on any atom is 0.0713 e. The van der Waals surface area contributed by atoms with Crippen LogP contribution in [0, 0.1) is 0 Å². The molecule has 11 aromatic rings. The topological polar surface area (TPSA) is 8.17 Å². The van der Waals surface area contributed by atoms with E-state index in [4.69, 9.17) is 0 Å². The Balaban J connectivity index is 1.05. The van der Waals surface area contributed by atoms with Crippen LogP contribution in [0.15, 0.2) is 218 Å². The molecule has 2 aliphatic carbocycles. The van der Waals surface area contributed by atoms with E-state index >= 15 is 0 Å². The van der Waals surface area contributed by atoms with E-state index in [0.717, 1.165) is 17.1 Å². The summed E-state index contributed by atoms with van der Waals surface area (Å²) in [4.78, 5) is 2.49. The smallest absolute Gasteiger partial charge is 0.0713 e. The molecule has 1 aliphatic heterocycles. The summed E-state index contributed by atoms with van der Waals surface area (Å²) < 4.78 is 2.56. The maximum atomic E-state index is 2.56. The fourth-order valence-corrected chi connectivity index (χ4v) is 12.2. The van der Waals surface area contributed by atoms with Crippen LogP contribution in [-0.2, 0) is 10.8 Å². The summed E-state index contributed by atoms with van der Waals surface area (Å²) in [5.41, 5.74) is 22.3. The summed E-state index contributed by atoms with van der Waals surface area (Å²) in [5.74, 6) is 0. The first-order chi connectivity index (χ1) is 31.5. The third kappa shape index (κ3) is 4.54. The van der Waals surface area contributed by atoms with Gasteiger partial charge < -0.3 is 9.47 Å². The monoisotopic (exact) mass is 814 g/mol. The van der Waals surface area contributed by atoms with Crippen molar-refractivity contribution in [2.24, 2.45) is 0 Å². The van der Waals surface area contributed by atoms with Gasteiger partial charge in [0, 0.05) is 44.4 Å². The fraction of sp³-hybridized carbons (Fsp3) is 0.0645. The summed E-state index contributed by atoms with van der Waals surface area (Å²) in [5, 5.41) is 5.04. The summed E-state index contributed by atoms with van der Waals surface area (Å²) in [6.45, 7) is 4.80. The zero-order valence-electron chi connectivity index (χ0n) is 35.7. The number of benzene rings is 10. The first-order valence-electron chi connectivity index (χ1n) is 22.5. The van der Waals surface area contributed by atoms with Gasteiger partial charge in [-0.2, -0.15) is 0 Å². The van der Waals surface area contributed by atoms with Gasteiger partial charge in [-0.25, -0.2) is 0 Å². The lowest BCUT2D eigenvalue weighted by atomic mass is 9.68. The van der Waals surface area contributed by atoms with E-state index in [0.29, 0.717) is 0 Å². The standard InChI is InChI=1S/C62H42N2/c1-61(2)54-26-15-24-48-51-38-45(31-35-57(51)64-56-27-14-12-23-47(56)49-32-34-55(61)59(58(48)54)60(49)64)63(43-29-28-39-16-9-10-17-40(39)36-43)44-30-33-53-50(37-44)46-22-11-13-25-52(46)62(53,41-18-5-3-6-19-41)42-20-7-4-8-21-42/h3-38H,1-2H3. The molecular formula is C62H42N2. The second kappa shape index (κ2) is 12.8. The third-order valence-electron chi connectivity index (χ3n) is 15.0. The van der Waals surface area contributed by atoms with Crippen LogP contribution < -0.4 is 4.90 Å². The predicted octanol–water partition coefficient (Wildman–Crippen LogP) is 16.1. The predicted molar refractivity (Wildman–Crippen MR) is 267 cm³/mol. The molecule has 1 aromatic heterocycles. The van der Waals surface area contributed by atoms with Crippen LogP contribution in [0.3, 0.4) is 0 Å². The van der Waals surface area contributed by atoms with E-state index < -0.39 is 5.41 Å². The minimum absolute atomic E-state index is 0.127. The molecular weight excluding hydrogens is 773 g/mol. The quantitative estimate of drug-likeness (QED) is 0.168. The summed E-state index contributed by atoms with van der Waals surface area (Å²) in [6, 6.07) is 82.0. The van der Waals surface area contributed by atoms with Gasteiger partial charge in [-0.1, -0.05) is 184 Å². The highest BCUT2D eigenvalue weighted by Gasteiger charge is 2.46. The average Bonchev–Trinajstić information content (AvgIpc) is 3.89. The van der Waals surface area contributed by atoms with Crippen LogP contribution >= 0.6 is 0 Å². The van der Waals surface area contributed by atoms with Crippen molar-refractivity contribution in [1.29, 1.82) is 0 Å². The number of fused-ring (bicyclic) bond motifs is 10. The van der Waals surface area contributed by atoms with E-state index in [9.17, 15) is 0 Å². The van der Waals surface area contributed by atoms with Gasteiger partial charge in [0.2, 0.25) is 0 Å². The van der Waals surface area contributed by atoms with E-state index in [-0.39, 0.29) is 5.41 Å². The van der Waals surface area contributed by atoms with E-state index in [1.807, 2.05) is 0 Å². The molecule has 300 valence electrons. The molecule has 2 heteroatoms. The highest BCUT2D eigenvalue weighted by Crippen LogP contribution is 2.60. The molecule has 0 fully saturated rings. The van der Waals surface area contributed by atoms with Gasteiger partial charge in [-0.05, 0) is 115 Å². The minimum Gasteiger partial charge on any atom is -0.310 e. The highest BCUT2D eigenvalue weighted by atomic mass is 15.1. The van der Waals surface area contributed by atoms with E-state index in [2.05, 4.69) is 242 Å². The number of hydrogen-bond donors (Lipinski definition) is 0. The Kier molecular flexibility index (Phi) is 7.13. The molecule has 0 N–H and O–H groups in total. The molecule has 0 bridgehead atoms. The molecule has 0 unspecified atom stereocenters. The molecule has 0 amide bonds. The molecule has 0 saturated heterocycles. The van der Waals surface area contributed by atoms with Crippen molar-refractivity contribution >= 4 is 49.6 Å². The molecule has 2 heterocycles. The molecule has 0 spiro atoms. The van der Waals surface area contributed by atoms with Crippen molar-refractivity contribution in [3.8, 4) is 39.1 Å². The summed E-state index contributed by atoms with van der Waals surface area (Å²) in [6.07, 6.45) is 0. The second-order valence-electron chi connectivity index (χ2n) is 18.4. The Bertz CT molecular complexity index is 3720. The molecule has 10 aromatic carbocycles. The average molecular weight is 815 g/mol. The minimum atomic E-state index is -0.467. The normalized spacial score (nSPS) is 14.3. The molecule has 2 nitrogen and oxygen atoms in total. The molecule has 0 atom stereocenters. The van der Waals surface area contributed by atoms with Gasteiger partial charge in [0.15, 0.2) is 0 Å². The van der Waals surface area contributed by atoms with E-state index in [1.165, 1.54) is 105 Å². The van der Waals surface area contributed by atoms with Crippen molar-refractivity contribution < 1.29 is 0 Å². The SMILES string of the molecule is CC1(C)c2cccc3c2-c2c1ccc1c4ccccc4n(c21)-c1ccc(N(c2ccc4c(c2)-c2ccccc2C4(c2ccccc2)c2ccccc2)c2ccc4ccccc4c2)cc1-3. The number of hydrogen-bond acceptors (Lipinski definition) is 1. The summed E-state index contributed by atoms with van der Waals surface area (Å²) in [7, 11) is 0. The van der Waals surface area contributed by atoms with Gasteiger partial charge in [0.1, 0.15) is 0 Å². The fourth-order valence-electron chi connectivity index (χ4n) is 12.2. The molecule has 0 saturated carbocycles. The Labute approximate surface area is 372 Å². The van der Waals surface area contributed by atoms with Crippen molar-refractivity contribution in [2.45, 2.75) is 24.7 Å². The lowest BCUT2D eigenvalue weighted by Crippen LogP contribution is -2.28. The van der Waals surface area contributed by atoms with Crippen molar-refractivity contribution in [1.82, 2.24) is 4.57 Å². The summed E-state index contributed by atoms with van der Waals surface area (Å²) >= 11 is 0. The molecule has 64 heavy (non-hydrogen) atoms. The second-order valence-corrected chi connectivity index (χ2v) is 18.4. The van der Waals surface area contributed by atoms with Crippen molar-refractivity contribution in [2.75, 3.05) is 4.90 Å². The Morgan fingerprint density at radius 3 is 1.77 bits per heavy atom. The molecule has 0 radical (unpaired) electrons. The van der Waals surface area contributed by atoms with E-state index in [1.54, 1.807) is 0 Å². The largest absolute Gasteiger partial charge is 0.310 e. The van der Waals surface area contributed by atoms with Gasteiger partial charge in [0.25, 0.3) is 0 Å². The van der Waals surface area contributed by atoms with Crippen LogP contribution in [0.5, 0.6) is 0 Å². The molecule has 3 aliphatic rings. The van der Waals surface area contributed by atoms with Crippen LogP contribution in [-0.4, -0.2) is 4.57 Å². The lowest BCUT2D eigenvalue weighted by molar-refractivity contribution is 0.661. The van der Waals surface area contributed by atoms with Gasteiger partial charge in [-0.15, -0.1) is 0 Å². The number of nitrogens with zero attached hydrogens (tertiary/aromatic N) is 2. The Hall–Kier alpha value is -7.94. The van der Waals surface area contributed by atoms with Crippen LogP contribution in [0.1, 0.15) is 47.2 Å². The number of rotatable bonds is 5. The Morgan fingerprint density at radius 2 is 0.953 bits per heavy atom. The van der Waals surface area contributed by atoms with Crippen molar-refractivity contribution in [3.05, 3.63) is 252 Å². The van der Waals surface area contributed by atoms with Crippen LogP contribution in [0.4, 0.5) is 17.1 Å². The van der Waals surface area contributed by atoms with Crippen LogP contribution in [0.25, 0.3) is 71.6 Å². The zero-order chi connectivity index (χ0) is 42.3. The zero-order valence-corrected chi connectivity index (χ0v) is 35.7. The lowest BCUT2D eigenvalue weighted by Gasteiger charge is -2.34. The molecule has 14 rings (SSSR count). The Morgan fingerprint density at radius 1 is 0.375 bits per heavy atom. The first-order valence-corrected chi connectivity index (χ1v) is 22.5. The van der Waals surface area contributed by atoms with Crippen LogP contribution in [0.2, 0.25) is 0 Å². The number of anilines is 3. The number of para-hydroxylation sites is 1. The first kappa shape index (κ1) is 35.6. The van der Waals surface area contributed by atoms with Gasteiger partial charge in [-0.3, -0.25) is 0 Å². The van der Waals surface area contributed by atoms with Crippen molar-refractivity contribution in [3.63, 3.8) is 0 Å². The third-order valence-corrected chi connectivity index (χ3v) is 15.0. The number of aromatic nitrogens is 1. The maximum absolute atomic E-state index is 2.56. The highest BCUT2D eigenvalue weighted by molar-refractivity contribution is 6.19.